The molecule has 0 aliphatic carbocycles. The number of rotatable bonds is 18. The van der Waals surface area contributed by atoms with E-state index in [2.05, 4.69) is 13.8 Å². The van der Waals surface area contributed by atoms with E-state index < -0.39 is 13.3 Å². The average molecular weight is 416 g/mol. The van der Waals surface area contributed by atoms with Crippen molar-refractivity contribution in [2.45, 2.75) is 129 Å². The Kier molecular flexibility index (Phi) is 21.7. The molecule has 0 spiro atoms. The van der Waals surface area contributed by atoms with Gasteiger partial charge >= 0.3 is 17.1 Å². The van der Waals surface area contributed by atoms with Gasteiger partial charge in [0.2, 0.25) is 0 Å². The summed E-state index contributed by atoms with van der Waals surface area (Å²) in [6.45, 7) is 4.42. The molecule has 1 atom stereocenters. The molecular weight excluding hydrogens is 375 g/mol. The molecule has 1 unspecified atom stereocenters. The molecule has 0 saturated heterocycles. The Balaban J connectivity index is 0. The summed E-state index contributed by atoms with van der Waals surface area (Å²) in [5.74, 6) is 0. The molecule has 3 nitrogen and oxygen atoms in total. The van der Waals surface area contributed by atoms with Gasteiger partial charge in [-0.15, -0.1) is 0 Å². The van der Waals surface area contributed by atoms with Crippen molar-refractivity contribution >= 4 is 7.60 Å². The fourth-order valence-corrected chi connectivity index (χ4v) is 4.31. The molecular formula is C20H41FeO3P. The van der Waals surface area contributed by atoms with Crippen LogP contribution in [0.15, 0.2) is 0 Å². The molecule has 152 valence electrons. The van der Waals surface area contributed by atoms with Crippen LogP contribution in [0.3, 0.4) is 0 Å². The average Bonchev–Trinajstić information content (AvgIpc) is 2.53. The predicted octanol–water partition coefficient (Wildman–Crippen LogP) is 5.94. The van der Waals surface area contributed by atoms with E-state index in [1.54, 1.807) is 0 Å². The molecule has 0 saturated carbocycles. The van der Waals surface area contributed by atoms with Gasteiger partial charge in [-0.25, -0.2) is 0 Å². The van der Waals surface area contributed by atoms with E-state index in [0.29, 0.717) is 12.8 Å². The van der Waals surface area contributed by atoms with E-state index in [4.69, 9.17) is 0 Å². The maximum Gasteiger partial charge on any atom is 2.00 e. The van der Waals surface area contributed by atoms with Crippen LogP contribution in [0, 0.1) is 0 Å². The Bertz CT molecular complexity index is 307. The van der Waals surface area contributed by atoms with Gasteiger partial charge in [-0.05, 0) is 18.5 Å². The first-order valence-corrected chi connectivity index (χ1v) is 12.1. The van der Waals surface area contributed by atoms with Gasteiger partial charge in [0.05, 0.1) is 0 Å². The Labute approximate surface area is 167 Å². The second kappa shape index (κ2) is 19.4. The smallest absolute Gasteiger partial charge is 0.811 e. The molecule has 0 aromatic heterocycles. The summed E-state index contributed by atoms with van der Waals surface area (Å²) >= 11 is 0. The topological polar surface area (TPSA) is 63.2 Å². The summed E-state index contributed by atoms with van der Waals surface area (Å²) in [5, 5.41) is 0. The van der Waals surface area contributed by atoms with Crippen molar-refractivity contribution in [2.75, 3.05) is 0 Å². The van der Waals surface area contributed by atoms with Gasteiger partial charge in [-0.1, -0.05) is 118 Å². The van der Waals surface area contributed by atoms with Gasteiger partial charge < -0.3 is 14.4 Å². The van der Waals surface area contributed by atoms with Crippen LogP contribution in [0.25, 0.3) is 0 Å². The molecule has 0 radical (unpaired) electrons. The van der Waals surface area contributed by atoms with Crippen LogP contribution in [-0.4, -0.2) is 5.66 Å². The molecule has 25 heavy (non-hydrogen) atoms. The van der Waals surface area contributed by atoms with Crippen LogP contribution in [0.2, 0.25) is 0 Å². The van der Waals surface area contributed by atoms with Crippen LogP contribution in [0.4, 0.5) is 0 Å². The zero-order valence-corrected chi connectivity index (χ0v) is 18.6. The van der Waals surface area contributed by atoms with Gasteiger partial charge in [-0.2, -0.15) is 0 Å². The summed E-state index contributed by atoms with van der Waals surface area (Å²) in [5.41, 5.74) is -0.617. The van der Waals surface area contributed by atoms with E-state index in [-0.39, 0.29) is 17.1 Å². The maximum atomic E-state index is 11.4. The van der Waals surface area contributed by atoms with Crippen molar-refractivity contribution in [3.05, 3.63) is 0 Å². The van der Waals surface area contributed by atoms with Crippen LogP contribution in [0.5, 0.6) is 0 Å². The molecule has 0 aliphatic heterocycles. The third kappa shape index (κ3) is 19.2. The normalized spacial score (nSPS) is 12.8. The monoisotopic (exact) mass is 416 g/mol. The molecule has 0 heterocycles. The fourth-order valence-electron chi connectivity index (χ4n) is 3.31. The quantitative estimate of drug-likeness (QED) is 0.158. The van der Waals surface area contributed by atoms with Crippen LogP contribution in [0.1, 0.15) is 123 Å². The molecule has 0 aromatic rings. The minimum absolute atomic E-state index is 0. The molecule has 0 aliphatic rings. The second-order valence-corrected chi connectivity index (χ2v) is 9.18. The van der Waals surface area contributed by atoms with Gasteiger partial charge in [0, 0.05) is 0 Å². The molecule has 5 heteroatoms. The van der Waals surface area contributed by atoms with Crippen molar-refractivity contribution in [1.82, 2.24) is 0 Å². The molecule has 0 N–H and O–H groups in total. The van der Waals surface area contributed by atoms with Gasteiger partial charge in [-0.3, -0.25) is 0 Å². The minimum atomic E-state index is -4.41. The Morgan fingerprint density at radius 2 is 0.880 bits per heavy atom. The van der Waals surface area contributed by atoms with Crippen molar-refractivity contribution in [3.63, 3.8) is 0 Å². The van der Waals surface area contributed by atoms with Gasteiger partial charge in [0.1, 0.15) is 0 Å². The zero-order valence-electron chi connectivity index (χ0n) is 16.6. The molecule has 0 rings (SSSR count). The number of unbranched alkanes of at least 4 members (excludes halogenated alkanes) is 13. The van der Waals surface area contributed by atoms with Crippen LogP contribution < -0.4 is 9.79 Å². The van der Waals surface area contributed by atoms with E-state index in [1.807, 2.05) is 0 Å². The van der Waals surface area contributed by atoms with Crippen molar-refractivity contribution in [2.24, 2.45) is 0 Å². The summed E-state index contributed by atoms with van der Waals surface area (Å²) in [6, 6.07) is 0. The van der Waals surface area contributed by atoms with E-state index in [9.17, 15) is 14.4 Å². The standard InChI is InChI=1S/C20H43O3P.Fe/c1-3-5-7-9-11-13-15-17-19-20(24(21,22)23)18-16-14-12-10-8-6-4-2;/h20H,3-19H2,1-2H3,(H2,21,22,23);/q;+2/p-2. The largest absolute Gasteiger partial charge is 2.00 e. The molecule has 0 aromatic carbocycles. The summed E-state index contributed by atoms with van der Waals surface area (Å²) in [7, 11) is -4.41. The van der Waals surface area contributed by atoms with Crippen molar-refractivity contribution in [1.29, 1.82) is 0 Å². The van der Waals surface area contributed by atoms with Crippen molar-refractivity contribution < 1.29 is 31.4 Å². The zero-order chi connectivity index (χ0) is 18.1. The predicted molar refractivity (Wildman–Crippen MR) is 101 cm³/mol. The summed E-state index contributed by atoms with van der Waals surface area (Å²) in [6.07, 6.45) is 18.9. The van der Waals surface area contributed by atoms with E-state index in [1.165, 1.54) is 70.6 Å². The molecule has 0 bridgehead atoms. The first kappa shape index (κ1) is 27.9. The Morgan fingerprint density at radius 1 is 0.600 bits per heavy atom. The first-order valence-electron chi connectivity index (χ1n) is 10.5. The third-order valence-electron chi connectivity index (χ3n) is 4.98. The molecule has 0 fully saturated rings. The third-order valence-corrected chi connectivity index (χ3v) is 6.39. The van der Waals surface area contributed by atoms with Crippen LogP contribution >= 0.6 is 7.60 Å². The van der Waals surface area contributed by atoms with Gasteiger partial charge in [0.25, 0.3) is 0 Å². The summed E-state index contributed by atoms with van der Waals surface area (Å²) < 4.78 is 11.4. The first-order chi connectivity index (χ1) is 11.5. The Morgan fingerprint density at radius 3 is 1.16 bits per heavy atom. The SMILES string of the molecule is CCCCCCCCCCC(CCCCCCCCC)P(=O)([O-])[O-].[Fe+2]. The van der Waals surface area contributed by atoms with Gasteiger partial charge in [0.15, 0.2) is 0 Å². The Hall–Kier alpha value is 0.669. The van der Waals surface area contributed by atoms with E-state index >= 15 is 0 Å². The fraction of sp³-hybridized carbons (Fsp3) is 1.00. The maximum absolute atomic E-state index is 11.4. The number of hydrogen-bond acceptors (Lipinski definition) is 3. The van der Waals surface area contributed by atoms with E-state index in [0.717, 1.165) is 25.7 Å². The molecule has 0 amide bonds. The summed E-state index contributed by atoms with van der Waals surface area (Å²) in [4.78, 5) is 22.9. The number of hydrogen-bond donors (Lipinski definition) is 0. The second-order valence-electron chi connectivity index (χ2n) is 7.37. The van der Waals surface area contributed by atoms with Crippen molar-refractivity contribution in [3.8, 4) is 0 Å². The van der Waals surface area contributed by atoms with Crippen LogP contribution in [-0.2, 0) is 21.6 Å². The minimum Gasteiger partial charge on any atom is -0.811 e.